The minimum absolute atomic E-state index is 0.826. The standard InChI is InChI=1S/C23H31Si2.2ClH.Zr/c1-16-11-18-10-9-17(2)23(22(18)12-16)19-13-20(24(3,4)5)15-21(14-19)25(6,7)8;;;/h9-15H,1-8H3;2*1H;/q-1;;;+2/p-2. The summed E-state index contributed by atoms with van der Waals surface area (Å²) in [7, 11) is 7.14. The number of halogens is 2. The Bertz CT molecular complexity index is 931. The van der Waals surface area contributed by atoms with Gasteiger partial charge in [0.05, 0.1) is 16.1 Å². The first-order valence-electron chi connectivity index (χ1n) is 9.68. The van der Waals surface area contributed by atoms with Gasteiger partial charge in [-0.15, -0.1) is 34.5 Å². The average Bonchev–Trinajstić information content (AvgIpc) is 2.93. The molecular weight excluding hydrogens is 495 g/mol. The summed E-state index contributed by atoms with van der Waals surface area (Å²) < 4.78 is 0. The molecular formula is C23H31Cl2Si2Zr-. The van der Waals surface area contributed by atoms with E-state index in [4.69, 9.17) is 17.0 Å². The number of aryl methyl sites for hydroxylation is 2. The fraction of sp³-hybridized carbons (Fsp3) is 0.348. The summed E-state index contributed by atoms with van der Waals surface area (Å²) in [6.45, 7) is 19.2. The molecule has 0 radical (unpaired) electrons. The molecule has 0 N–H and O–H groups in total. The molecule has 0 amide bonds. The van der Waals surface area contributed by atoms with Gasteiger partial charge in [-0.25, -0.2) is 0 Å². The monoisotopic (exact) mass is 523 g/mol. The Morgan fingerprint density at radius 1 is 0.786 bits per heavy atom. The maximum absolute atomic E-state index is 4.93. The van der Waals surface area contributed by atoms with Crippen molar-refractivity contribution in [2.45, 2.75) is 53.1 Å². The third kappa shape index (κ3) is 5.76. The molecule has 0 saturated carbocycles. The number of rotatable bonds is 3. The summed E-state index contributed by atoms with van der Waals surface area (Å²) in [6.07, 6.45) is 0. The molecule has 3 aromatic rings. The van der Waals surface area contributed by atoms with Crippen molar-refractivity contribution >= 4 is 54.3 Å². The Hall–Kier alpha value is -0.0531. The fourth-order valence-electron chi connectivity index (χ4n) is 3.56. The van der Waals surface area contributed by atoms with Crippen molar-refractivity contribution in [3.8, 4) is 11.1 Å². The molecule has 0 aliphatic carbocycles. The first-order valence-corrected chi connectivity index (χ1v) is 23.0. The molecule has 0 bridgehead atoms. The second-order valence-electron chi connectivity index (χ2n) is 9.66. The fourth-order valence-corrected chi connectivity index (χ4v) is 6.06. The zero-order valence-corrected chi connectivity index (χ0v) is 24.3. The third-order valence-electron chi connectivity index (χ3n) is 5.20. The maximum atomic E-state index is 4.93. The number of fused-ring (bicyclic) bond motifs is 1. The SMILES string of the molecule is Cc1cc2c(-c3cc([Si](C)(C)C)cc([Si](C)(C)C)c3)c(C)ccc2[cH-]1.[Cl][Zr][Cl]. The molecule has 150 valence electrons. The van der Waals surface area contributed by atoms with Crippen LogP contribution in [0, 0.1) is 13.8 Å². The number of hydrogen-bond donors (Lipinski definition) is 0. The van der Waals surface area contributed by atoms with Crippen molar-refractivity contribution in [3.05, 3.63) is 53.6 Å². The van der Waals surface area contributed by atoms with Gasteiger partial charge < -0.3 is 0 Å². The van der Waals surface area contributed by atoms with Gasteiger partial charge in [0.15, 0.2) is 0 Å². The van der Waals surface area contributed by atoms with Crippen LogP contribution in [0.4, 0.5) is 0 Å². The Labute approximate surface area is 191 Å². The topological polar surface area (TPSA) is 0 Å². The molecule has 5 heteroatoms. The molecule has 0 aromatic heterocycles. The molecule has 0 spiro atoms. The van der Waals surface area contributed by atoms with E-state index in [0.29, 0.717) is 0 Å². The molecule has 0 unspecified atom stereocenters. The predicted molar refractivity (Wildman–Crippen MR) is 132 cm³/mol. The molecule has 0 heterocycles. The minimum atomic E-state index is -1.37. The van der Waals surface area contributed by atoms with Crippen LogP contribution in [-0.2, 0) is 20.8 Å². The van der Waals surface area contributed by atoms with E-state index in [2.05, 4.69) is 95.6 Å². The summed E-state index contributed by atoms with van der Waals surface area (Å²) in [6, 6.07) is 16.7. The Morgan fingerprint density at radius 2 is 1.29 bits per heavy atom. The van der Waals surface area contributed by atoms with Gasteiger partial charge >= 0.3 is 37.9 Å². The number of benzene rings is 2. The quantitative estimate of drug-likeness (QED) is 0.248. The first kappa shape index (κ1) is 24.2. The molecule has 0 saturated heterocycles. The molecule has 0 aliphatic rings. The van der Waals surface area contributed by atoms with E-state index in [9.17, 15) is 0 Å². The van der Waals surface area contributed by atoms with E-state index in [-0.39, 0.29) is 0 Å². The predicted octanol–water partition coefficient (Wildman–Crippen LogP) is 7.31. The van der Waals surface area contributed by atoms with E-state index in [1.165, 1.54) is 33.0 Å². The zero-order valence-electron chi connectivity index (χ0n) is 18.3. The normalized spacial score (nSPS) is 11.9. The third-order valence-corrected chi connectivity index (χ3v) is 9.24. The van der Waals surface area contributed by atoms with Crippen molar-refractivity contribution < 1.29 is 20.8 Å². The zero-order chi connectivity index (χ0) is 21.3. The van der Waals surface area contributed by atoms with Crippen LogP contribution < -0.4 is 10.4 Å². The molecule has 3 aromatic carbocycles. The van der Waals surface area contributed by atoms with Crippen molar-refractivity contribution in [3.63, 3.8) is 0 Å². The molecule has 0 aliphatic heterocycles. The van der Waals surface area contributed by atoms with Crippen LogP contribution in [0.1, 0.15) is 11.1 Å². The second kappa shape index (κ2) is 9.39. The van der Waals surface area contributed by atoms with Crippen molar-refractivity contribution in [1.82, 2.24) is 0 Å². The van der Waals surface area contributed by atoms with E-state index >= 15 is 0 Å². The van der Waals surface area contributed by atoms with Crippen LogP contribution in [0.15, 0.2) is 42.5 Å². The van der Waals surface area contributed by atoms with Crippen LogP contribution in [0.3, 0.4) is 0 Å². The summed E-state index contributed by atoms with van der Waals surface area (Å²) in [4.78, 5) is 0. The van der Waals surface area contributed by atoms with Crippen molar-refractivity contribution in [2.75, 3.05) is 0 Å². The molecule has 0 atom stereocenters. The van der Waals surface area contributed by atoms with Gasteiger partial charge in [-0.05, 0) is 12.5 Å². The molecule has 0 nitrogen and oxygen atoms in total. The van der Waals surface area contributed by atoms with E-state index in [1.807, 2.05) is 0 Å². The average molecular weight is 526 g/mol. The summed E-state index contributed by atoms with van der Waals surface area (Å²) >= 11 is -0.826. The van der Waals surface area contributed by atoms with Crippen molar-refractivity contribution in [1.29, 1.82) is 0 Å². The van der Waals surface area contributed by atoms with Crippen LogP contribution in [0.25, 0.3) is 21.9 Å². The Balaban J connectivity index is 0.000000878. The van der Waals surface area contributed by atoms with Gasteiger partial charge in [0.1, 0.15) is 0 Å². The van der Waals surface area contributed by atoms with Crippen LogP contribution in [0.2, 0.25) is 39.3 Å². The van der Waals surface area contributed by atoms with Gasteiger partial charge in [-0.1, -0.05) is 85.9 Å². The van der Waals surface area contributed by atoms with Gasteiger partial charge in [0.25, 0.3) is 0 Å². The van der Waals surface area contributed by atoms with E-state index < -0.39 is 37.0 Å². The van der Waals surface area contributed by atoms with Crippen LogP contribution in [0.5, 0.6) is 0 Å². The van der Waals surface area contributed by atoms with E-state index in [0.717, 1.165) is 0 Å². The number of hydrogen-bond acceptors (Lipinski definition) is 0. The summed E-state index contributed by atoms with van der Waals surface area (Å²) in [5.74, 6) is 0. The Morgan fingerprint density at radius 3 is 1.75 bits per heavy atom. The summed E-state index contributed by atoms with van der Waals surface area (Å²) in [5, 5.41) is 5.95. The Kier molecular flexibility index (Phi) is 8.12. The molecule has 3 rings (SSSR count). The molecule has 28 heavy (non-hydrogen) atoms. The van der Waals surface area contributed by atoms with Gasteiger partial charge in [0, 0.05) is 0 Å². The second-order valence-corrected chi connectivity index (χ2v) is 23.5. The van der Waals surface area contributed by atoms with Crippen LogP contribution >= 0.6 is 17.0 Å². The summed E-state index contributed by atoms with van der Waals surface area (Å²) in [5.41, 5.74) is 5.59. The van der Waals surface area contributed by atoms with Crippen molar-refractivity contribution in [2.24, 2.45) is 0 Å². The van der Waals surface area contributed by atoms with Gasteiger partial charge in [-0.3, -0.25) is 0 Å². The van der Waals surface area contributed by atoms with E-state index in [1.54, 1.807) is 10.4 Å². The van der Waals surface area contributed by atoms with Crippen LogP contribution in [-0.4, -0.2) is 16.1 Å². The van der Waals surface area contributed by atoms with Gasteiger partial charge in [0.2, 0.25) is 0 Å². The first-order chi connectivity index (χ1) is 12.9. The molecule has 0 fully saturated rings. The van der Waals surface area contributed by atoms with Gasteiger partial charge in [-0.2, -0.15) is 6.07 Å².